The summed E-state index contributed by atoms with van der Waals surface area (Å²) in [6.07, 6.45) is 0. The SMILES string of the molecule is O=c1oc2cc(-c3ccc(-c4nc5ccccc5n4-c4ccccc4)cc3)ccc2c2ccccc12. The first kappa shape index (κ1) is 20.4. The molecule has 4 heteroatoms. The van der Waals surface area contributed by atoms with Crippen LogP contribution in [0.2, 0.25) is 0 Å². The summed E-state index contributed by atoms with van der Waals surface area (Å²) >= 11 is 0. The zero-order valence-corrected chi connectivity index (χ0v) is 19.3. The van der Waals surface area contributed by atoms with Crippen LogP contribution in [0.4, 0.5) is 0 Å². The van der Waals surface area contributed by atoms with Gasteiger partial charge in [-0.2, -0.15) is 0 Å². The molecule has 0 aliphatic heterocycles. The molecule has 0 saturated heterocycles. The Morgan fingerprint density at radius 2 is 1.25 bits per heavy atom. The maximum atomic E-state index is 12.5. The van der Waals surface area contributed by atoms with E-state index in [0.717, 1.165) is 50.0 Å². The second-order valence-corrected chi connectivity index (χ2v) is 8.82. The predicted octanol–water partition coefficient (Wildman–Crippen LogP) is 7.62. The van der Waals surface area contributed by atoms with Gasteiger partial charge in [0.2, 0.25) is 0 Å². The van der Waals surface area contributed by atoms with E-state index in [1.165, 1.54) is 0 Å². The number of benzene rings is 5. The van der Waals surface area contributed by atoms with Crippen LogP contribution in [0.15, 0.2) is 131 Å². The van der Waals surface area contributed by atoms with Crippen molar-refractivity contribution in [3.05, 3.63) is 132 Å². The van der Waals surface area contributed by atoms with Crippen molar-refractivity contribution in [3.8, 4) is 28.2 Å². The van der Waals surface area contributed by atoms with Crippen molar-refractivity contribution < 1.29 is 4.42 Å². The Labute approximate surface area is 206 Å². The maximum absolute atomic E-state index is 12.5. The Morgan fingerprint density at radius 3 is 2.08 bits per heavy atom. The fourth-order valence-corrected chi connectivity index (χ4v) is 4.93. The lowest BCUT2D eigenvalue weighted by Crippen LogP contribution is -1.99. The van der Waals surface area contributed by atoms with Crippen molar-refractivity contribution in [3.63, 3.8) is 0 Å². The van der Waals surface area contributed by atoms with Crippen LogP contribution in [0.5, 0.6) is 0 Å². The number of aromatic nitrogens is 2. The number of hydrogen-bond donors (Lipinski definition) is 0. The summed E-state index contributed by atoms with van der Waals surface area (Å²) in [5, 5.41) is 2.44. The molecule has 0 aliphatic rings. The molecule has 36 heavy (non-hydrogen) atoms. The van der Waals surface area contributed by atoms with Crippen molar-refractivity contribution in [1.29, 1.82) is 0 Å². The Morgan fingerprint density at radius 1 is 0.583 bits per heavy atom. The van der Waals surface area contributed by atoms with Crippen LogP contribution in [0.3, 0.4) is 0 Å². The number of para-hydroxylation sites is 3. The largest absolute Gasteiger partial charge is 0.422 e. The Hall–Kier alpha value is -4.96. The van der Waals surface area contributed by atoms with Gasteiger partial charge in [-0.05, 0) is 59.0 Å². The first-order valence-electron chi connectivity index (χ1n) is 11.9. The maximum Gasteiger partial charge on any atom is 0.344 e. The third-order valence-electron chi connectivity index (χ3n) is 6.67. The van der Waals surface area contributed by atoms with Gasteiger partial charge >= 0.3 is 5.63 Å². The average Bonchev–Trinajstić information content (AvgIpc) is 3.33. The lowest BCUT2D eigenvalue weighted by atomic mass is 10.0. The standard InChI is InChI=1S/C32H20N2O2/c35-32-27-11-5-4-10-25(27)26-19-18-23(20-30(26)36-32)21-14-16-22(17-15-21)31-33-28-12-6-7-13-29(28)34(31)24-8-2-1-3-9-24/h1-20H. The molecule has 4 nitrogen and oxygen atoms in total. The molecule has 0 radical (unpaired) electrons. The van der Waals surface area contributed by atoms with Gasteiger partial charge in [0.1, 0.15) is 11.4 Å². The molecule has 5 aromatic carbocycles. The predicted molar refractivity (Wildman–Crippen MR) is 145 cm³/mol. The topological polar surface area (TPSA) is 48.0 Å². The first-order valence-corrected chi connectivity index (χ1v) is 11.9. The van der Waals surface area contributed by atoms with Crippen LogP contribution in [0, 0.1) is 0 Å². The summed E-state index contributed by atoms with van der Waals surface area (Å²) in [6.45, 7) is 0. The smallest absolute Gasteiger partial charge is 0.344 e. The van der Waals surface area contributed by atoms with Crippen molar-refractivity contribution in [1.82, 2.24) is 9.55 Å². The fraction of sp³-hybridized carbons (Fsp3) is 0. The van der Waals surface area contributed by atoms with Gasteiger partial charge in [-0.1, -0.05) is 78.9 Å². The van der Waals surface area contributed by atoms with E-state index in [0.29, 0.717) is 11.0 Å². The van der Waals surface area contributed by atoms with E-state index in [1.807, 2.05) is 66.7 Å². The summed E-state index contributed by atoms with van der Waals surface area (Å²) in [5.74, 6) is 0.893. The highest BCUT2D eigenvalue weighted by Gasteiger charge is 2.14. The average molecular weight is 465 g/mol. The molecule has 0 unspecified atom stereocenters. The molecule has 0 spiro atoms. The molecule has 0 bridgehead atoms. The van der Waals surface area contributed by atoms with Crippen molar-refractivity contribution >= 4 is 32.8 Å². The molecule has 7 aromatic rings. The zero-order chi connectivity index (χ0) is 24.1. The monoisotopic (exact) mass is 464 g/mol. The van der Waals surface area contributed by atoms with Crippen LogP contribution in [0.25, 0.3) is 61.0 Å². The van der Waals surface area contributed by atoms with E-state index < -0.39 is 0 Å². The normalized spacial score (nSPS) is 11.4. The van der Waals surface area contributed by atoms with Gasteiger partial charge in [-0.15, -0.1) is 0 Å². The summed E-state index contributed by atoms with van der Waals surface area (Å²) in [5.41, 5.74) is 6.43. The van der Waals surface area contributed by atoms with Gasteiger partial charge in [-0.25, -0.2) is 9.78 Å². The van der Waals surface area contributed by atoms with E-state index in [-0.39, 0.29) is 5.63 Å². The molecule has 0 atom stereocenters. The van der Waals surface area contributed by atoms with Gasteiger partial charge in [-0.3, -0.25) is 4.57 Å². The van der Waals surface area contributed by atoms with E-state index in [4.69, 9.17) is 9.40 Å². The van der Waals surface area contributed by atoms with Gasteiger partial charge in [0.15, 0.2) is 0 Å². The highest BCUT2D eigenvalue weighted by molar-refractivity contribution is 6.05. The highest BCUT2D eigenvalue weighted by atomic mass is 16.4. The van der Waals surface area contributed by atoms with Gasteiger partial charge in [0.25, 0.3) is 0 Å². The Balaban J connectivity index is 1.34. The lowest BCUT2D eigenvalue weighted by Gasteiger charge is -2.10. The van der Waals surface area contributed by atoms with Crippen LogP contribution in [-0.2, 0) is 0 Å². The van der Waals surface area contributed by atoms with Crippen molar-refractivity contribution in [2.24, 2.45) is 0 Å². The molecule has 2 heterocycles. The van der Waals surface area contributed by atoms with E-state index in [1.54, 1.807) is 6.07 Å². The molecule has 7 rings (SSSR count). The Kier molecular flexibility index (Phi) is 4.57. The number of rotatable bonds is 3. The highest BCUT2D eigenvalue weighted by Crippen LogP contribution is 2.32. The first-order chi connectivity index (χ1) is 17.8. The summed E-state index contributed by atoms with van der Waals surface area (Å²) < 4.78 is 7.85. The van der Waals surface area contributed by atoms with Crippen molar-refractivity contribution in [2.75, 3.05) is 0 Å². The molecule has 0 N–H and O–H groups in total. The molecule has 0 amide bonds. The molecular formula is C32H20N2O2. The van der Waals surface area contributed by atoms with E-state index >= 15 is 0 Å². The van der Waals surface area contributed by atoms with Crippen LogP contribution < -0.4 is 5.63 Å². The molecule has 0 fully saturated rings. The molecular weight excluding hydrogens is 444 g/mol. The molecule has 170 valence electrons. The fourth-order valence-electron chi connectivity index (χ4n) is 4.93. The minimum absolute atomic E-state index is 0.314. The molecule has 2 aromatic heterocycles. The lowest BCUT2D eigenvalue weighted by molar-refractivity contribution is 0.570. The third-order valence-corrected chi connectivity index (χ3v) is 6.67. The van der Waals surface area contributed by atoms with E-state index in [9.17, 15) is 4.79 Å². The van der Waals surface area contributed by atoms with Crippen LogP contribution in [-0.4, -0.2) is 9.55 Å². The summed E-state index contributed by atoms with van der Waals surface area (Å²) in [4.78, 5) is 17.4. The van der Waals surface area contributed by atoms with Crippen LogP contribution in [0.1, 0.15) is 0 Å². The minimum atomic E-state index is -0.314. The zero-order valence-electron chi connectivity index (χ0n) is 19.3. The second kappa shape index (κ2) is 8.07. The van der Waals surface area contributed by atoms with Crippen LogP contribution >= 0.6 is 0 Å². The Bertz CT molecular complexity index is 1950. The van der Waals surface area contributed by atoms with Gasteiger partial charge < -0.3 is 4.42 Å². The third kappa shape index (κ3) is 3.23. The number of hydrogen-bond acceptors (Lipinski definition) is 3. The molecule has 0 saturated carbocycles. The van der Waals surface area contributed by atoms with Gasteiger partial charge in [0, 0.05) is 16.6 Å². The molecule has 0 aliphatic carbocycles. The summed E-state index contributed by atoms with van der Waals surface area (Å²) in [6, 6.07) is 40.4. The minimum Gasteiger partial charge on any atom is -0.422 e. The quantitative estimate of drug-likeness (QED) is 0.200. The second-order valence-electron chi connectivity index (χ2n) is 8.82. The number of imidazole rings is 1. The van der Waals surface area contributed by atoms with Gasteiger partial charge in [0.05, 0.1) is 16.4 Å². The number of fused-ring (bicyclic) bond motifs is 4. The number of nitrogens with zero attached hydrogens (tertiary/aromatic N) is 2. The van der Waals surface area contributed by atoms with Crippen molar-refractivity contribution in [2.45, 2.75) is 0 Å². The van der Waals surface area contributed by atoms with E-state index in [2.05, 4.69) is 53.1 Å². The summed E-state index contributed by atoms with van der Waals surface area (Å²) in [7, 11) is 0.